The van der Waals surface area contributed by atoms with Crippen LogP contribution in [0.2, 0.25) is 0 Å². The topological polar surface area (TPSA) is 97.9 Å². The lowest BCUT2D eigenvalue weighted by Gasteiger charge is -2.45. The van der Waals surface area contributed by atoms with Crippen LogP contribution < -0.4 is 9.64 Å². The van der Waals surface area contributed by atoms with E-state index in [9.17, 15) is 0 Å². The van der Waals surface area contributed by atoms with Crippen LogP contribution in [0.3, 0.4) is 0 Å². The molecule has 200 valence electrons. The van der Waals surface area contributed by atoms with E-state index in [0.29, 0.717) is 25.3 Å². The Hall–Kier alpha value is -2.79. The summed E-state index contributed by atoms with van der Waals surface area (Å²) >= 11 is 0. The number of piperazine rings is 1. The van der Waals surface area contributed by atoms with Crippen molar-refractivity contribution in [2.24, 2.45) is 0 Å². The highest BCUT2D eigenvalue weighted by molar-refractivity contribution is 5.93. The van der Waals surface area contributed by atoms with Gasteiger partial charge < -0.3 is 23.8 Å². The quantitative estimate of drug-likeness (QED) is 0.307. The zero-order valence-electron chi connectivity index (χ0n) is 22.4. The molecule has 10 heteroatoms. The molecule has 1 aliphatic heterocycles. The van der Waals surface area contributed by atoms with Crippen LogP contribution >= 0.6 is 0 Å². The molecular formula is C27H38N6O4. The zero-order valence-corrected chi connectivity index (χ0v) is 22.4. The molecule has 2 atom stereocenters. The number of rotatable bonds is 11. The predicted molar refractivity (Wildman–Crippen MR) is 142 cm³/mol. The lowest BCUT2D eigenvalue weighted by Crippen LogP contribution is -2.57. The molecular weight excluding hydrogens is 472 g/mol. The molecule has 0 amide bonds. The summed E-state index contributed by atoms with van der Waals surface area (Å²) in [7, 11) is 3.24. The lowest BCUT2D eigenvalue weighted by molar-refractivity contribution is -0.141. The van der Waals surface area contributed by atoms with E-state index in [1.807, 2.05) is 18.2 Å². The maximum absolute atomic E-state index is 6.18. The number of hydrogen-bond donors (Lipinski definition) is 1. The van der Waals surface area contributed by atoms with Gasteiger partial charge in [0, 0.05) is 57.4 Å². The van der Waals surface area contributed by atoms with E-state index in [0.717, 1.165) is 66.3 Å². The van der Waals surface area contributed by atoms with Gasteiger partial charge >= 0.3 is 0 Å². The van der Waals surface area contributed by atoms with E-state index in [4.69, 9.17) is 18.9 Å². The summed E-state index contributed by atoms with van der Waals surface area (Å²) in [6, 6.07) is 8.82. The van der Waals surface area contributed by atoms with E-state index in [2.05, 4.69) is 56.8 Å². The molecule has 37 heavy (non-hydrogen) atoms. The highest BCUT2D eigenvalue weighted by Crippen LogP contribution is 2.40. The number of nitrogens with one attached hydrogen (secondary N) is 1. The molecule has 0 unspecified atom stereocenters. The number of nitrogens with zero attached hydrogens (tertiary/aromatic N) is 5. The second-order valence-electron chi connectivity index (χ2n) is 10.4. The summed E-state index contributed by atoms with van der Waals surface area (Å²) in [5, 5.41) is 8.72. The molecule has 1 aromatic carbocycles. The first-order valence-corrected chi connectivity index (χ1v) is 13.0. The number of hydrogen-bond acceptors (Lipinski definition) is 9. The number of fused-ring (bicyclic) bond motifs is 1. The molecule has 1 saturated heterocycles. The van der Waals surface area contributed by atoms with Gasteiger partial charge in [-0.05, 0) is 51.8 Å². The minimum absolute atomic E-state index is 0.0302. The van der Waals surface area contributed by atoms with E-state index in [1.54, 1.807) is 20.5 Å². The number of ether oxygens (including phenoxy) is 4. The van der Waals surface area contributed by atoms with Gasteiger partial charge in [0.1, 0.15) is 29.2 Å². The number of anilines is 1. The molecule has 10 nitrogen and oxygen atoms in total. The van der Waals surface area contributed by atoms with Gasteiger partial charge in [0.25, 0.3) is 0 Å². The van der Waals surface area contributed by atoms with Gasteiger partial charge in [-0.2, -0.15) is 5.10 Å². The first-order chi connectivity index (χ1) is 17.9. The van der Waals surface area contributed by atoms with Gasteiger partial charge in [-0.25, -0.2) is 9.97 Å². The van der Waals surface area contributed by atoms with Crippen molar-refractivity contribution in [2.75, 3.05) is 52.0 Å². The average molecular weight is 511 g/mol. The van der Waals surface area contributed by atoms with Gasteiger partial charge in [0.15, 0.2) is 6.29 Å². The van der Waals surface area contributed by atoms with Gasteiger partial charge in [0.05, 0.1) is 24.4 Å². The van der Waals surface area contributed by atoms with E-state index in [-0.39, 0.29) is 11.9 Å². The van der Waals surface area contributed by atoms with E-state index in [1.165, 1.54) is 0 Å². The molecule has 2 aliphatic rings. The number of methoxy groups -OCH3 is 2. The zero-order chi connectivity index (χ0) is 26.0. The number of aromatic nitrogens is 4. The molecule has 0 bridgehead atoms. The van der Waals surface area contributed by atoms with Crippen molar-refractivity contribution in [2.45, 2.75) is 57.6 Å². The molecule has 2 aromatic heterocycles. The van der Waals surface area contributed by atoms with Crippen LogP contribution in [-0.2, 0) is 14.2 Å². The molecule has 0 spiro atoms. The summed E-state index contributed by atoms with van der Waals surface area (Å²) < 4.78 is 22.3. The molecule has 3 aromatic rings. The van der Waals surface area contributed by atoms with Crippen LogP contribution in [0.5, 0.6) is 5.75 Å². The minimum atomic E-state index is -0.328. The van der Waals surface area contributed by atoms with Crippen LogP contribution in [0.25, 0.3) is 22.3 Å². The summed E-state index contributed by atoms with van der Waals surface area (Å²) in [6.07, 6.45) is 3.50. The monoisotopic (exact) mass is 510 g/mol. The summed E-state index contributed by atoms with van der Waals surface area (Å²) in [5.74, 6) is 1.78. The maximum Gasteiger partial charge on any atom is 0.180 e. The third-order valence-corrected chi connectivity index (χ3v) is 7.45. The van der Waals surface area contributed by atoms with Crippen molar-refractivity contribution in [3.8, 4) is 17.1 Å². The highest BCUT2D eigenvalue weighted by Gasteiger charge is 2.40. The standard InChI is InChI=1S/C27H38N6O4/c1-18-14-32(15-19(2)33(18)10-11-36-16-25(34-4)35-5)24-13-23(28-17-29-24)26-21-12-20(37-27(3)8-9-27)6-7-22(21)30-31-26/h6-7,12-13,17-19,25H,8-11,14-16H2,1-5H3,(H,30,31)/t18-,19+. The maximum atomic E-state index is 6.18. The Morgan fingerprint density at radius 2 is 1.84 bits per heavy atom. The van der Waals surface area contributed by atoms with Crippen molar-refractivity contribution in [3.05, 3.63) is 30.6 Å². The molecule has 2 fully saturated rings. The minimum Gasteiger partial charge on any atom is -0.488 e. The summed E-state index contributed by atoms with van der Waals surface area (Å²) in [6.45, 7) is 10.3. The van der Waals surface area contributed by atoms with Crippen molar-refractivity contribution in [1.82, 2.24) is 25.1 Å². The first-order valence-electron chi connectivity index (χ1n) is 13.0. The molecule has 5 rings (SSSR count). The van der Waals surface area contributed by atoms with Crippen LogP contribution in [0.4, 0.5) is 5.82 Å². The SMILES string of the molecule is COC(COCCN1[C@H](C)CN(c2cc(-c3n[nH]c4ccc(OC5(C)CC5)cc34)ncn2)C[C@@H]1C)OC. The fourth-order valence-corrected chi connectivity index (χ4v) is 5.03. The van der Waals surface area contributed by atoms with Crippen molar-refractivity contribution in [1.29, 1.82) is 0 Å². The molecule has 1 N–H and O–H groups in total. The van der Waals surface area contributed by atoms with E-state index >= 15 is 0 Å². The fourth-order valence-electron chi connectivity index (χ4n) is 5.03. The second-order valence-corrected chi connectivity index (χ2v) is 10.4. The highest BCUT2D eigenvalue weighted by atomic mass is 16.7. The molecule has 1 aliphatic carbocycles. The Morgan fingerprint density at radius 1 is 1.08 bits per heavy atom. The summed E-state index contributed by atoms with van der Waals surface area (Å²) in [4.78, 5) is 14.0. The Morgan fingerprint density at radius 3 is 2.54 bits per heavy atom. The Kier molecular flexibility index (Phi) is 7.62. The predicted octanol–water partition coefficient (Wildman–Crippen LogP) is 3.49. The normalized spacial score (nSPS) is 21.6. The number of aromatic amines is 1. The Labute approximate surface area is 218 Å². The third kappa shape index (κ3) is 5.87. The van der Waals surface area contributed by atoms with Crippen molar-refractivity contribution >= 4 is 16.7 Å². The largest absolute Gasteiger partial charge is 0.488 e. The molecule has 1 saturated carbocycles. The smallest absolute Gasteiger partial charge is 0.180 e. The summed E-state index contributed by atoms with van der Waals surface area (Å²) in [5.41, 5.74) is 2.54. The first kappa shape index (κ1) is 25.8. The average Bonchev–Trinajstić information content (AvgIpc) is 3.47. The Bertz CT molecular complexity index is 1180. The van der Waals surface area contributed by atoms with Gasteiger partial charge in [-0.3, -0.25) is 10.00 Å². The van der Waals surface area contributed by atoms with Crippen LogP contribution in [0.1, 0.15) is 33.6 Å². The fraction of sp³-hybridized carbons (Fsp3) is 0.593. The third-order valence-electron chi connectivity index (χ3n) is 7.45. The van der Waals surface area contributed by atoms with Crippen LogP contribution in [0, 0.1) is 0 Å². The number of H-pyrrole nitrogens is 1. The van der Waals surface area contributed by atoms with Gasteiger partial charge in [0.2, 0.25) is 0 Å². The van der Waals surface area contributed by atoms with Crippen molar-refractivity contribution in [3.63, 3.8) is 0 Å². The molecule has 3 heterocycles. The molecule has 0 radical (unpaired) electrons. The lowest BCUT2D eigenvalue weighted by atomic mass is 10.1. The van der Waals surface area contributed by atoms with E-state index < -0.39 is 0 Å². The van der Waals surface area contributed by atoms with Gasteiger partial charge in [-0.15, -0.1) is 0 Å². The Balaban J connectivity index is 1.26. The van der Waals surface area contributed by atoms with Crippen LogP contribution in [-0.4, -0.2) is 96.1 Å². The number of benzene rings is 1. The van der Waals surface area contributed by atoms with Gasteiger partial charge in [-0.1, -0.05) is 0 Å². The second kappa shape index (κ2) is 10.9. The van der Waals surface area contributed by atoms with Crippen molar-refractivity contribution < 1.29 is 18.9 Å². The van der Waals surface area contributed by atoms with Crippen LogP contribution in [0.15, 0.2) is 30.6 Å².